The van der Waals surface area contributed by atoms with Crippen molar-refractivity contribution in [2.45, 2.75) is 26.7 Å². The first kappa shape index (κ1) is 17.9. The van der Waals surface area contributed by atoms with E-state index in [0.717, 1.165) is 46.6 Å². The highest BCUT2D eigenvalue weighted by Gasteiger charge is 1.98. The standard InChI is InChI=1S/C22H26O2/c1-17(2)19-7-11-21(12-8-19)23-15-5-6-16-24-22-13-9-20(10-14-22)18(3)4/h7-14H,1,3,5-6,15-16H2,2,4H3. The van der Waals surface area contributed by atoms with E-state index in [1.165, 1.54) is 0 Å². The summed E-state index contributed by atoms with van der Waals surface area (Å²) in [7, 11) is 0. The van der Waals surface area contributed by atoms with Gasteiger partial charge >= 0.3 is 0 Å². The van der Waals surface area contributed by atoms with Gasteiger partial charge in [-0.15, -0.1) is 0 Å². The summed E-state index contributed by atoms with van der Waals surface area (Å²) in [6.07, 6.45) is 1.93. The number of hydrogen-bond donors (Lipinski definition) is 0. The first-order valence-corrected chi connectivity index (χ1v) is 8.34. The van der Waals surface area contributed by atoms with Crippen molar-refractivity contribution >= 4 is 11.1 Å². The Balaban J connectivity index is 1.62. The van der Waals surface area contributed by atoms with Crippen LogP contribution in [0.25, 0.3) is 11.1 Å². The van der Waals surface area contributed by atoms with Gasteiger partial charge in [-0.3, -0.25) is 0 Å². The molecule has 0 saturated heterocycles. The van der Waals surface area contributed by atoms with E-state index in [1.54, 1.807) is 0 Å². The molecule has 0 N–H and O–H groups in total. The Hall–Kier alpha value is -2.48. The van der Waals surface area contributed by atoms with Gasteiger partial charge in [-0.2, -0.15) is 0 Å². The average molecular weight is 322 g/mol. The minimum Gasteiger partial charge on any atom is -0.494 e. The smallest absolute Gasteiger partial charge is 0.119 e. The van der Waals surface area contributed by atoms with E-state index >= 15 is 0 Å². The van der Waals surface area contributed by atoms with Crippen LogP contribution < -0.4 is 9.47 Å². The van der Waals surface area contributed by atoms with Gasteiger partial charge in [0.25, 0.3) is 0 Å². The Morgan fingerprint density at radius 3 is 1.29 bits per heavy atom. The largest absolute Gasteiger partial charge is 0.494 e. The van der Waals surface area contributed by atoms with E-state index in [2.05, 4.69) is 13.2 Å². The second-order valence-corrected chi connectivity index (χ2v) is 6.01. The van der Waals surface area contributed by atoms with E-state index in [0.29, 0.717) is 13.2 Å². The first-order chi connectivity index (χ1) is 11.6. The Morgan fingerprint density at radius 2 is 1.00 bits per heavy atom. The van der Waals surface area contributed by atoms with Gasteiger partial charge in [0.15, 0.2) is 0 Å². The van der Waals surface area contributed by atoms with E-state index in [-0.39, 0.29) is 0 Å². The maximum absolute atomic E-state index is 5.74. The summed E-state index contributed by atoms with van der Waals surface area (Å²) in [5.41, 5.74) is 4.42. The van der Waals surface area contributed by atoms with Gasteiger partial charge in [-0.25, -0.2) is 0 Å². The lowest BCUT2D eigenvalue weighted by Gasteiger charge is -2.09. The number of rotatable bonds is 9. The van der Waals surface area contributed by atoms with Crippen LogP contribution in [0.3, 0.4) is 0 Å². The topological polar surface area (TPSA) is 18.5 Å². The van der Waals surface area contributed by atoms with Gasteiger partial charge in [0.05, 0.1) is 13.2 Å². The molecule has 0 aliphatic rings. The molecular formula is C22H26O2. The van der Waals surface area contributed by atoms with Gasteiger partial charge in [-0.05, 0) is 62.1 Å². The Kier molecular flexibility index (Phi) is 6.68. The third-order valence-electron chi connectivity index (χ3n) is 3.77. The summed E-state index contributed by atoms with van der Waals surface area (Å²) >= 11 is 0. The summed E-state index contributed by atoms with van der Waals surface area (Å²) in [5, 5.41) is 0. The molecule has 0 saturated carbocycles. The molecule has 2 aromatic rings. The highest BCUT2D eigenvalue weighted by molar-refractivity contribution is 5.62. The zero-order chi connectivity index (χ0) is 17.4. The molecule has 0 amide bonds. The molecule has 0 radical (unpaired) electrons. The predicted molar refractivity (Wildman–Crippen MR) is 103 cm³/mol. The molecule has 0 spiro atoms. The molecule has 2 heteroatoms. The summed E-state index contributed by atoms with van der Waals surface area (Å²) in [6, 6.07) is 16.1. The van der Waals surface area contributed by atoms with Crippen molar-refractivity contribution in [3.05, 3.63) is 72.8 Å². The third-order valence-corrected chi connectivity index (χ3v) is 3.77. The molecular weight excluding hydrogens is 296 g/mol. The molecule has 0 aliphatic heterocycles. The third kappa shape index (κ3) is 5.62. The van der Waals surface area contributed by atoms with Crippen molar-refractivity contribution in [1.82, 2.24) is 0 Å². The van der Waals surface area contributed by atoms with E-state index in [9.17, 15) is 0 Å². The lowest BCUT2D eigenvalue weighted by molar-refractivity contribution is 0.266. The van der Waals surface area contributed by atoms with Crippen molar-refractivity contribution in [3.63, 3.8) is 0 Å². The SMILES string of the molecule is C=C(C)c1ccc(OCCCCOc2ccc(C(=C)C)cc2)cc1. The summed E-state index contributed by atoms with van der Waals surface area (Å²) in [6.45, 7) is 13.3. The number of allylic oxidation sites excluding steroid dienone is 2. The normalized spacial score (nSPS) is 10.2. The highest BCUT2D eigenvalue weighted by atomic mass is 16.5. The molecule has 0 aromatic heterocycles. The van der Waals surface area contributed by atoms with Crippen LogP contribution >= 0.6 is 0 Å². The molecule has 0 fully saturated rings. The van der Waals surface area contributed by atoms with E-state index < -0.39 is 0 Å². The minimum absolute atomic E-state index is 0.699. The summed E-state index contributed by atoms with van der Waals surface area (Å²) in [5.74, 6) is 1.80. The second kappa shape index (κ2) is 8.97. The molecule has 0 aliphatic carbocycles. The number of hydrogen-bond acceptors (Lipinski definition) is 2. The summed E-state index contributed by atoms with van der Waals surface area (Å²) in [4.78, 5) is 0. The Morgan fingerprint density at radius 1 is 0.667 bits per heavy atom. The van der Waals surface area contributed by atoms with Crippen molar-refractivity contribution in [1.29, 1.82) is 0 Å². The molecule has 2 aromatic carbocycles. The van der Waals surface area contributed by atoms with Gasteiger partial charge in [0, 0.05) is 0 Å². The average Bonchev–Trinajstić information content (AvgIpc) is 2.58. The lowest BCUT2D eigenvalue weighted by Crippen LogP contribution is -2.02. The quantitative estimate of drug-likeness (QED) is 0.528. The zero-order valence-electron chi connectivity index (χ0n) is 14.7. The van der Waals surface area contributed by atoms with Crippen molar-refractivity contribution in [2.75, 3.05) is 13.2 Å². The second-order valence-electron chi connectivity index (χ2n) is 6.01. The minimum atomic E-state index is 0.699. The van der Waals surface area contributed by atoms with Crippen LogP contribution in [0.15, 0.2) is 61.7 Å². The van der Waals surface area contributed by atoms with Crippen molar-refractivity contribution in [3.8, 4) is 11.5 Å². The zero-order valence-corrected chi connectivity index (χ0v) is 14.7. The molecule has 2 nitrogen and oxygen atoms in total. The van der Waals surface area contributed by atoms with Crippen LogP contribution in [-0.4, -0.2) is 13.2 Å². The number of unbranched alkanes of at least 4 members (excludes halogenated alkanes) is 1. The molecule has 0 unspecified atom stereocenters. The van der Waals surface area contributed by atoms with Crippen molar-refractivity contribution in [2.24, 2.45) is 0 Å². The summed E-state index contributed by atoms with van der Waals surface area (Å²) < 4.78 is 11.5. The van der Waals surface area contributed by atoms with Crippen LogP contribution in [-0.2, 0) is 0 Å². The maximum atomic E-state index is 5.74. The van der Waals surface area contributed by atoms with Gasteiger partial charge in [-0.1, -0.05) is 48.6 Å². The van der Waals surface area contributed by atoms with Crippen LogP contribution in [0, 0.1) is 0 Å². The van der Waals surface area contributed by atoms with E-state index in [4.69, 9.17) is 9.47 Å². The number of benzene rings is 2. The fraction of sp³-hybridized carbons (Fsp3) is 0.273. The Bertz CT molecular complexity index is 605. The molecule has 126 valence electrons. The molecule has 0 atom stereocenters. The Labute approximate surface area is 145 Å². The van der Waals surface area contributed by atoms with Gasteiger partial charge < -0.3 is 9.47 Å². The van der Waals surface area contributed by atoms with Crippen LogP contribution in [0.5, 0.6) is 11.5 Å². The van der Waals surface area contributed by atoms with Crippen LogP contribution in [0.1, 0.15) is 37.8 Å². The molecule has 0 bridgehead atoms. The first-order valence-electron chi connectivity index (χ1n) is 8.34. The van der Waals surface area contributed by atoms with Crippen LogP contribution in [0.4, 0.5) is 0 Å². The van der Waals surface area contributed by atoms with Crippen LogP contribution in [0.2, 0.25) is 0 Å². The van der Waals surface area contributed by atoms with Gasteiger partial charge in [0.2, 0.25) is 0 Å². The molecule has 0 heterocycles. The van der Waals surface area contributed by atoms with E-state index in [1.807, 2.05) is 62.4 Å². The van der Waals surface area contributed by atoms with Gasteiger partial charge in [0.1, 0.15) is 11.5 Å². The monoisotopic (exact) mass is 322 g/mol. The fourth-order valence-corrected chi connectivity index (χ4v) is 2.26. The van der Waals surface area contributed by atoms with Crippen molar-refractivity contribution < 1.29 is 9.47 Å². The lowest BCUT2D eigenvalue weighted by atomic mass is 10.1. The molecule has 2 rings (SSSR count). The maximum Gasteiger partial charge on any atom is 0.119 e. The number of ether oxygens (including phenoxy) is 2. The fourth-order valence-electron chi connectivity index (χ4n) is 2.26. The molecule has 24 heavy (non-hydrogen) atoms. The predicted octanol–water partition coefficient (Wildman–Crippen LogP) is 5.99. The highest BCUT2D eigenvalue weighted by Crippen LogP contribution is 2.18.